The molecule has 0 bridgehead atoms. The summed E-state index contributed by atoms with van der Waals surface area (Å²) in [5.41, 5.74) is 0. The van der Waals surface area contributed by atoms with Crippen molar-refractivity contribution >= 4 is 5.97 Å². The van der Waals surface area contributed by atoms with Gasteiger partial charge in [-0.2, -0.15) is 0 Å². The summed E-state index contributed by atoms with van der Waals surface area (Å²) in [4.78, 5) is 13.6. The Bertz CT molecular complexity index is 206. The zero-order chi connectivity index (χ0) is 11.3. The van der Waals surface area contributed by atoms with Crippen molar-refractivity contribution in [1.82, 2.24) is 4.90 Å². The van der Waals surface area contributed by atoms with Crippen LogP contribution in [0.4, 0.5) is 0 Å². The average molecular weight is 215 g/mol. The van der Waals surface area contributed by atoms with Crippen LogP contribution in [0.2, 0.25) is 0 Å². The van der Waals surface area contributed by atoms with E-state index in [4.69, 9.17) is 4.74 Å². The lowest BCUT2D eigenvalue weighted by Crippen LogP contribution is -2.40. The molecule has 88 valence electrons. The Hall–Kier alpha value is -0.610. The minimum absolute atomic E-state index is 0.0257. The number of methoxy groups -OCH3 is 1. The summed E-state index contributed by atoms with van der Waals surface area (Å²) in [7, 11) is 1.44. The molecule has 2 atom stereocenters. The Morgan fingerprint density at radius 1 is 1.67 bits per heavy atom. The first-order chi connectivity index (χ1) is 7.13. The number of aliphatic hydroxyl groups excluding tert-OH is 1. The molecule has 4 nitrogen and oxygen atoms in total. The molecule has 1 saturated heterocycles. The molecule has 0 radical (unpaired) electrons. The number of likely N-dealkylation sites (tertiary alicyclic amines) is 1. The number of rotatable bonds is 4. The molecule has 0 amide bonds. The van der Waals surface area contributed by atoms with Gasteiger partial charge in [0.2, 0.25) is 0 Å². The molecule has 4 heteroatoms. The number of carbonyl (C=O) groups is 1. The maximum absolute atomic E-state index is 11.4. The summed E-state index contributed by atoms with van der Waals surface area (Å²) in [6.45, 7) is 4.46. The molecule has 1 aliphatic heterocycles. The highest BCUT2D eigenvalue weighted by Crippen LogP contribution is 2.17. The molecule has 0 aromatic carbocycles. The van der Waals surface area contributed by atoms with Crippen LogP contribution < -0.4 is 0 Å². The molecular weight excluding hydrogens is 194 g/mol. The van der Waals surface area contributed by atoms with E-state index in [-0.39, 0.29) is 18.0 Å². The van der Waals surface area contributed by atoms with Gasteiger partial charge in [0, 0.05) is 13.1 Å². The van der Waals surface area contributed by atoms with Crippen LogP contribution in [0.15, 0.2) is 0 Å². The molecule has 0 aromatic rings. The summed E-state index contributed by atoms with van der Waals surface area (Å²) >= 11 is 0. The first kappa shape index (κ1) is 12.5. The zero-order valence-corrected chi connectivity index (χ0v) is 9.61. The molecule has 1 N–H and O–H groups in total. The van der Waals surface area contributed by atoms with Gasteiger partial charge in [0.15, 0.2) is 0 Å². The summed E-state index contributed by atoms with van der Waals surface area (Å²) < 4.78 is 4.75. The fraction of sp³-hybridized carbons (Fsp3) is 0.909. The number of aliphatic hydroxyl groups is 1. The highest BCUT2D eigenvalue weighted by molar-refractivity contribution is 5.72. The molecule has 0 spiro atoms. The van der Waals surface area contributed by atoms with Gasteiger partial charge in [0.05, 0.1) is 19.1 Å². The summed E-state index contributed by atoms with van der Waals surface area (Å²) in [6.07, 6.45) is 2.48. The smallest absolute Gasteiger partial charge is 0.309 e. The van der Waals surface area contributed by atoms with Crippen LogP contribution in [0.25, 0.3) is 0 Å². The quantitative estimate of drug-likeness (QED) is 0.699. The molecule has 15 heavy (non-hydrogen) atoms. The molecule has 0 aliphatic carbocycles. The van der Waals surface area contributed by atoms with Gasteiger partial charge >= 0.3 is 5.97 Å². The Morgan fingerprint density at radius 2 is 2.40 bits per heavy atom. The van der Waals surface area contributed by atoms with Crippen molar-refractivity contribution in [1.29, 1.82) is 0 Å². The second kappa shape index (κ2) is 6.08. The zero-order valence-electron chi connectivity index (χ0n) is 9.61. The van der Waals surface area contributed by atoms with Crippen LogP contribution in [-0.2, 0) is 9.53 Å². The van der Waals surface area contributed by atoms with Crippen molar-refractivity contribution in [2.45, 2.75) is 32.3 Å². The Morgan fingerprint density at radius 3 is 3.00 bits per heavy atom. The fourth-order valence-electron chi connectivity index (χ4n) is 1.99. The molecule has 1 fully saturated rings. The molecule has 1 unspecified atom stereocenters. The third-order valence-electron chi connectivity index (χ3n) is 2.90. The normalized spacial score (nSPS) is 24.9. The molecule has 1 rings (SSSR count). The van der Waals surface area contributed by atoms with Crippen LogP contribution in [0.5, 0.6) is 0 Å². The number of carbonyl (C=O) groups excluding carboxylic acids is 1. The van der Waals surface area contributed by atoms with Gasteiger partial charge in [-0.25, -0.2) is 0 Å². The van der Waals surface area contributed by atoms with E-state index in [9.17, 15) is 9.90 Å². The summed E-state index contributed by atoms with van der Waals surface area (Å²) in [6, 6.07) is 0. The third kappa shape index (κ3) is 4.18. The van der Waals surface area contributed by atoms with Crippen LogP contribution in [0.3, 0.4) is 0 Å². The van der Waals surface area contributed by atoms with E-state index in [0.29, 0.717) is 0 Å². The SMILES string of the molecule is COC(=O)[C@H]1CCCN(CCC(C)O)C1. The lowest BCUT2D eigenvalue weighted by Gasteiger charge is -2.31. The van der Waals surface area contributed by atoms with E-state index < -0.39 is 0 Å². The molecule has 1 heterocycles. The van der Waals surface area contributed by atoms with E-state index in [0.717, 1.165) is 38.9 Å². The monoisotopic (exact) mass is 215 g/mol. The number of hydrogen-bond acceptors (Lipinski definition) is 4. The van der Waals surface area contributed by atoms with E-state index in [1.807, 2.05) is 0 Å². The van der Waals surface area contributed by atoms with Crippen molar-refractivity contribution in [3.8, 4) is 0 Å². The number of ether oxygens (including phenoxy) is 1. The van der Waals surface area contributed by atoms with Crippen LogP contribution >= 0.6 is 0 Å². The van der Waals surface area contributed by atoms with Gasteiger partial charge in [0.25, 0.3) is 0 Å². The Balaban J connectivity index is 2.32. The predicted molar refractivity (Wildman–Crippen MR) is 57.5 cm³/mol. The van der Waals surface area contributed by atoms with Gasteiger partial charge < -0.3 is 14.7 Å². The van der Waals surface area contributed by atoms with Crippen LogP contribution in [-0.4, -0.2) is 48.8 Å². The van der Waals surface area contributed by atoms with Crippen molar-refractivity contribution in [3.05, 3.63) is 0 Å². The summed E-state index contributed by atoms with van der Waals surface area (Å²) in [5, 5.41) is 9.19. The van der Waals surface area contributed by atoms with Crippen molar-refractivity contribution < 1.29 is 14.6 Å². The predicted octanol–water partition coefficient (Wildman–Crippen LogP) is 0.642. The fourth-order valence-corrected chi connectivity index (χ4v) is 1.99. The Kier molecular flexibility index (Phi) is 5.05. The largest absolute Gasteiger partial charge is 0.469 e. The molecule has 0 saturated carbocycles. The first-order valence-corrected chi connectivity index (χ1v) is 5.61. The lowest BCUT2D eigenvalue weighted by molar-refractivity contribution is -0.147. The second-order valence-electron chi connectivity index (χ2n) is 4.30. The van der Waals surface area contributed by atoms with Crippen molar-refractivity contribution in [3.63, 3.8) is 0 Å². The highest BCUT2D eigenvalue weighted by atomic mass is 16.5. The Labute approximate surface area is 91.2 Å². The molecule has 1 aliphatic rings. The van der Waals surface area contributed by atoms with E-state index in [2.05, 4.69) is 4.90 Å². The van der Waals surface area contributed by atoms with Gasteiger partial charge in [-0.3, -0.25) is 4.79 Å². The number of piperidine rings is 1. The number of esters is 1. The third-order valence-corrected chi connectivity index (χ3v) is 2.90. The number of nitrogens with zero attached hydrogens (tertiary/aromatic N) is 1. The maximum atomic E-state index is 11.4. The van der Waals surface area contributed by atoms with E-state index >= 15 is 0 Å². The van der Waals surface area contributed by atoms with E-state index in [1.54, 1.807) is 6.92 Å². The van der Waals surface area contributed by atoms with Gasteiger partial charge in [-0.15, -0.1) is 0 Å². The summed E-state index contributed by atoms with van der Waals surface area (Å²) in [5.74, 6) is -0.0745. The highest BCUT2D eigenvalue weighted by Gasteiger charge is 2.26. The number of hydrogen-bond donors (Lipinski definition) is 1. The van der Waals surface area contributed by atoms with Crippen LogP contribution in [0.1, 0.15) is 26.2 Å². The van der Waals surface area contributed by atoms with Crippen molar-refractivity contribution in [2.75, 3.05) is 26.7 Å². The first-order valence-electron chi connectivity index (χ1n) is 5.61. The van der Waals surface area contributed by atoms with E-state index in [1.165, 1.54) is 7.11 Å². The van der Waals surface area contributed by atoms with Gasteiger partial charge in [-0.05, 0) is 32.7 Å². The second-order valence-corrected chi connectivity index (χ2v) is 4.30. The molecular formula is C11H21NO3. The van der Waals surface area contributed by atoms with Gasteiger partial charge in [-0.1, -0.05) is 0 Å². The lowest BCUT2D eigenvalue weighted by atomic mass is 9.98. The molecule has 0 aromatic heterocycles. The average Bonchev–Trinajstić information content (AvgIpc) is 2.25. The van der Waals surface area contributed by atoms with Crippen molar-refractivity contribution in [2.24, 2.45) is 5.92 Å². The van der Waals surface area contributed by atoms with Gasteiger partial charge in [0.1, 0.15) is 0 Å². The minimum Gasteiger partial charge on any atom is -0.469 e. The standard InChI is InChI=1S/C11H21NO3/c1-9(13)5-7-12-6-3-4-10(8-12)11(14)15-2/h9-10,13H,3-8H2,1-2H3/t9?,10-/m0/s1. The minimum atomic E-state index is -0.261. The van der Waals surface area contributed by atoms with Crippen LogP contribution in [0, 0.1) is 5.92 Å². The maximum Gasteiger partial charge on any atom is 0.309 e. The topological polar surface area (TPSA) is 49.8 Å².